The van der Waals surface area contributed by atoms with Gasteiger partial charge in [-0.2, -0.15) is 0 Å². The Bertz CT molecular complexity index is 1700. The number of fused-ring (bicyclic) bond motifs is 1. The largest absolute Gasteiger partial charge is 0.491 e. The van der Waals surface area contributed by atoms with Crippen LogP contribution in [0.2, 0.25) is 0 Å². The second kappa shape index (κ2) is 18.8. The van der Waals surface area contributed by atoms with E-state index in [4.69, 9.17) is 9.47 Å². The molecule has 0 saturated carbocycles. The molecule has 1 aliphatic rings. The zero-order chi connectivity index (χ0) is 35.3. The van der Waals surface area contributed by atoms with Gasteiger partial charge >= 0.3 is 0 Å². The molecule has 0 spiro atoms. The normalized spacial score (nSPS) is 14.1. The van der Waals surface area contributed by atoms with Crippen molar-refractivity contribution >= 4 is 35.1 Å². The van der Waals surface area contributed by atoms with Crippen LogP contribution in [0.15, 0.2) is 77.2 Å². The van der Waals surface area contributed by atoms with Crippen LogP contribution >= 0.6 is 11.8 Å². The Morgan fingerprint density at radius 1 is 0.980 bits per heavy atom. The Kier molecular flexibility index (Phi) is 14.0. The van der Waals surface area contributed by atoms with Gasteiger partial charge in [0.15, 0.2) is 0 Å². The topological polar surface area (TPSA) is 79.5 Å². The van der Waals surface area contributed by atoms with E-state index in [1.807, 2.05) is 24.3 Å². The lowest BCUT2D eigenvalue weighted by Crippen LogP contribution is -2.30. The molecule has 1 amide bonds. The number of hydrogen-bond acceptors (Lipinski definition) is 6. The summed E-state index contributed by atoms with van der Waals surface area (Å²) < 4.78 is 11.5. The van der Waals surface area contributed by atoms with Crippen LogP contribution in [0.3, 0.4) is 0 Å². The summed E-state index contributed by atoms with van der Waals surface area (Å²) in [6.45, 7) is 14.7. The highest BCUT2D eigenvalue weighted by Gasteiger charge is 2.20. The number of anilines is 2. The summed E-state index contributed by atoms with van der Waals surface area (Å²) in [5.41, 5.74) is 8.31. The van der Waals surface area contributed by atoms with Crippen LogP contribution in [0.1, 0.15) is 82.6 Å². The number of aromatic nitrogens is 2. The summed E-state index contributed by atoms with van der Waals surface area (Å²) in [5, 5.41) is 3.18. The predicted octanol–water partition coefficient (Wildman–Crippen LogP) is 10.1. The molecule has 0 atom stereocenters. The molecule has 1 aliphatic heterocycles. The van der Waals surface area contributed by atoms with Crippen LogP contribution in [0.4, 0.5) is 11.4 Å². The number of amides is 1. The third kappa shape index (κ3) is 10.7. The number of hydrogen-bond donors (Lipinski definition) is 2. The van der Waals surface area contributed by atoms with Crippen LogP contribution in [-0.4, -0.2) is 48.8 Å². The minimum absolute atomic E-state index is 0.0456. The first-order chi connectivity index (χ1) is 24.3. The molecule has 5 rings (SSSR count). The maximum Gasteiger partial charge on any atom is 0.251 e. The first-order valence-corrected chi connectivity index (χ1v) is 19.3. The van der Waals surface area contributed by atoms with E-state index < -0.39 is 0 Å². The Hall–Kier alpha value is -4.01. The van der Waals surface area contributed by atoms with Gasteiger partial charge in [0.25, 0.3) is 5.91 Å². The van der Waals surface area contributed by atoms with Crippen LogP contribution in [0, 0.1) is 12.8 Å². The van der Waals surface area contributed by atoms with Gasteiger partial charge in [-0.3, -0.25) is 4.79 Å². The number of imidazole rings is 1. The summed E-state index contributed by atoms with van der Waals surface area (Å²) in [6, 6.07) is 23.0. The number of carbonyl (C=O) groups excluding carboxylic acids is 1. The quantitative estimate of drug-likeness (QED) is 0.0846. The van der Waals surface area contributed by atoms with Crippen LogP contribution in [0.5, 0.6) is 5.75 Å². The predicted molar refractivity (Wildman–Crippen MR) is 209 cm³/mol. The van der Waals surface area contributed by atoms with Gasteiger partial charge in [-0.05, 0) is 110 Å². The van der Waals surface area contributed by atoms with Crippen LogP contribution < -0.4 is 15.0 Å². The summed E-state index contributed by atoms with van der Waals surface area (Å²) >= 11 is 1.77. The molecular weight excluding hydrogens is 641 g/mol. The summed E-state index contributed by atoms with van der Waals surface area (Å²) in [7, 11) is 0. The number of unbranched alkanes of at least 4 members (excludes halogenated alkanes) is 1. The fourth-order valence-electron chi connectivity index (χ4n) is 6.16. The second-order valence-corrected chi connectivity index (χ2v) is 14.5. The van der Waals surface area contributed by atoms with E-state index in [0.29, 0.717) is 19.1 Å². The monoisotopic (exact) mass is 694 g/mol. The molecule has 8 heteroatoms. The number of thioether (sulfide) groups is 1. The Labute approximate surface area is 303 Å². The van der Waals surface area contributed by atoms with Gasteiger partial charge in [-0.15, -0.1) is 11.8 Å². The summed E-state index contributed by atoms with van der Waals surface area (Å²) in [5.74, 6) is 3.22. The first kappa shape index (κ1) is 37.3. The Balaban J connectivity index is 1.28. The molecule has 0 fully saturated rings. The Morgan fingerprint density at radius 2 is 1.76 bits per heavy atom. The van der Waals surface area contributed by atoms with Crippen molar-refractivity contribution in [2.75, 3.05) is 43.1 Å². The second-order valence-electron chi connectivity index (χ2n) is 13.5. The van der Waals surface area contributed by atoms with Crippen molar-refractivity contribution in [2.45, 2.75) is 83.8 Å². The maximum absolute atomic E-state index is 13.7. The minimum Gasteiger partial charge on any atom is -0.491 e. The lowest BCUT2D eigenvalue weighted by atomic mass is 9.96. The third-order valence-corrected chi connectivity index (χ3v) is 9.83. The number of carbonyl (C=O) groups is 1. The number of aryl methyl sites for hydroxylation is 2. The number of nitrogens with zero attached hydrogens (tertiary/aromatic N) is 2. The zero-order valence-corrected chi connectivity index (χ0v) is 31.3. The molecule has 1 aromatic heterocycles. The van der Waals surface area contributed by atoms with Gasteiger partial charge in [0.2, 0.25) is 0 Å². The minimum atomic E-state index is -0.0456. The highest BCUT2D eigenvalue weighted by Crippen LogP contribution is 2.33. The lowest BCUT2D eigenvalue weighted by Gasteiger charge is -2.30. The summed E-state index contributed by atoms with van der Waals surface area (Å²) in [4.78, 5) is 25.5. The molecule has 50 heavy (non-hydrogen) atoms. The highest BCUT2D eigenvalue weighted by atomic mass is 32.2. The van der Waals surface area contributed by atoms with Crippen molar-refractivity contribution < 1.29 is 14.3 Å². The molecule has 0 unspecified atom stereocenters. The average molecular weight is 695 g/mol. The van der Waals surface area contributed by atoms with E-state index in [0.717, 1.165) is 114 Å². The first-order valence-electron chi connectivity index (χ1n) is 18.3. The van der Waals surface area contributed by atoms with E-state index in [1.54, 1.807) is 11.8 Å². The van der Waals surface area contributed by atoms with Gasteiger partial charge in [-0.25, -0.2) is 4.98 Å². The van der Waals surface area contributed by atoms with Gasteiger partial charge in [-0.1, -0.05) is 52.3 Å². The number of rotatable bonds is 17. The van der Waals surface area contributed by atoms with Gasteiger partial charge in [0.1, 0.15) is 18.2 Å². The maximum atomic E-state index is 13.7. The van der Waals surface area contributed by atoms with E-state index >= 15 is 0 Å². The number of benzene rings is 3. The molecule has 0 saturated heterocycles. The van der Waals surface area contributed by atoms with E-state index in [9.17, 15) is 4.79 Å². The number of nitrogens with one attached hydrogen (secondary N) is 2. The molecule has 4 aromatic rings. The zero-order valence-electron chi connectivity index (χ0n) is 30.5. The SMILES string of the molecule is CCCCOCCOc1ccc(-c2ccc3c(c2)/C=C(/C(=O)Nc2ccc(SCc4[nH]c(CCC)nc4C)cc2)CCCN3CC(C)C)cc1. The van der Waals surface area contributed by atoms with Crippen molar-refractivity contribution in [3.05, 3.63) is 95.1 Å². The lowest BCUT2D eigenvalue weighted by molar-refractivity contribution is -0.112. The van der Waals surface area contributed by atoms with E-state index in [2.05, 4.69) is 103 Å². The molecule has 0 bridgehead atoms. The molecule has 266 valence electrons. The van der Waals surface area contributed by atoms with Crippen molar-refractivity contribution in [3.63, 3.8) is 0 Å². The number of ether oxygens (including phenoxy) is 2. The molecular formula is C42H54N4O3S. The van der Waals surface area contributed by atoms with Crippen molar-refractivity contribution in [2.24, 2.45) is 5.92 Å². The van der Waals surface area contributed by atoms with Crippen molar-refractivity contribution in [3.8, 4) is 16.9 Å². The van der Waals surface area contributed by atoms with Crippen LogP contribution in [0.25, 0.3) is 17.2 Å². The Morgan fingerprint density at radius 3 is 2.50 bits per heavy atom. The summed E-state index contributed by atoms with van der Waals surface area (Å²) in [6.07, 6.45) is 7.99. The van der Waals surface area contributed by atoms with Crippen molar-refractivity contribution in [1.29, 1.82) is 0 Å². The van der Waals surface area contributed by atoms with Crippen LogP contribution in [-0.2, 0) is 21.7 Å². The molecule has 7 nitrogen and oxygen atoms in total. The smallest absolute Gasteiger partial charge is 0.251 e. The average Bonchev–Trinajstić information content (AvgIpc) is 3.46. The molecule has 2 heterocycles. The standard InChI is InChI=1S/C42H54N4O3S/c1-6-8-23-48-24-25-49-37-17-12-32(13-18-37)33-14-21-40-35(26-33)27-34(11-9-22-46(40)28-30(3)4)42(47)44-36-15-19-38(20-16-36)50-29-39-31(5)43-41(45-39)10-7-2/h12-21,26-27,30H,6-11,22-25,28-29H2,1-5H3,(H,43,45)(H,44,47)/b34-27+. The molecule has 0 aliphatic carbocycles. The van der Waals surface area contributed by atoms with Crippen molar-refractivity contribution in [1.82, 2.24) is 9.97 Å². The highest BCUT2D eigenvalue weighted by molar-refractivity contribution is 7.98. The van der Waals surface area contributed by atoms with Gasteiger partial charge < -0.3 is 24.7 Å². The van der Waals surface area contributed by atoms with E-state index in [-0.39, 0.29) is 5.91 Å². The molecule has 0 radical (unpaired) electrons. The van der Waals surface area contributed by atoms with E-state index in [1.165, 1.54) is 11.4 Å². The number of H-pyrrole nitrogens is 1. The van der Waals surface area contributed by atoms with Gasteiger partial charge in [0, 0.05) is 59.4 Å². The number of aromatic amines is 1. The fraction of sp³-hybridized carbons (Fsp3) is 0.429. The fourth-order valence-corrected chi connectivity index (χ4v) is 7.08. The molecule has 3 aromatic carbocycles. The van der Waals surface area contributed by atoms with Gasteiger partial charge in [0.05, 0.1) is 12.3 Å². The third-order valence-electron chi connectivity index (χ3n) is 8.79. The molecule has 2 N–H and O–H groups in total.